The number of nitrogen functional groups attached to an aromatic ring is 1. The lowest BCUT2D eigenvalue weighted by atomic mass is 9.89. The van der Waals surface area contributed by atoms with E-state index in [1.54, 1.807) is 35.9 Å². The molecule has 0 amide bonds. The number of anilines is 1. The van der Waals surface area contributed by atoms with Gasteiger partial charge in [-0.2, -0.15) is 13.2 Å². The monoisotopic (exact) mass is 431 g/mol. The van der Waals surface area contributed by atoms with E-state index in [0.29, 0.717) is 34.2 Å². The highest BCUT2D eigenvalue weighted by Gasteiger charge is 2.39. The number of halogens is 3. The van der Waals surface area contributed by atoms with Crippen LogP contribution in [0, 0.1) is 13.8 Å². The molecule has 7 nitrogen and oxygen atoms in total. The van der Waals surface area contributed by atoms with E-state index >= 15 is 0 Å². The topological polar surface area (TPSA) is 102 Å². The van der Waals surface area contributed by atoms with Gasteiger partial charge in [0.1, 0.15) is 5.69 Å². The number of fused-ring (bicyclic) bond motifs is 1. The van der Waals surface area contributed by atoms with Crippen molar-refractivity contribution in [1.29, 1.82) is 0 Å². The molecular weight excluding hydrogens is 411 g/mol. The van der Waals surface area contributed by atoms with Gasteiger partial charge in [-0.15, -0.1) is 0 Å². The Morgan fingerprint density at radius 1 is 1.16 bits per heavy atom. The second-order valence-corrected chi connectivity index (χ2v) is 7.69. The molecule has 31 heavy (non-hydrogen) atoms. The molecular formula is C21H20F3N5O2. The number of rotatable bonds is 4. The third-order valence-electron chi connectivity index (χ3n) is 5.07. The number of nitrogens with two attached hydrogens (primary N) is 1. The second kappa shape index (κ2) is 7.09. The Morgan fingerprint density at radius 3 is 2.55 bits per heavy atom. The zero-order valence-corrected chi connectivity index (χ0v) is 17.0. The fourth-order valence-electron chi connectivity index (χ4n) is 3.54. The average molecular weight is 431 g/mol. The first-order valence-corrected chi connectivity index (χ1v) is 9.41. The van der Waals surface area contributed by atoms with Crippen LogP contribution < -0.4 is 5.73 Å². The molecule has 0 fully saturated rings. The third-order valence-corrected chi connectivity index (χ3v) is 5.07. The van der Waals surface area contributed by atoms with Crippen LogP contribution in [0.4, 0.5) is 19.0 Å². The van der Waals surface area contributed by atoms with E-state index in [4.69, 9.17) is 10.2 Å². The number of imidazole rings is 1. The summed E-state index contributed by atoms with van der Waals surface area (Å²) >= 11 is 0. The summed E-state index contributed by atoms with van der Waals surface area (Å²) in [5, 5.41) is 10.5. The van der Waals surface area contributed by atoms with Crippen LogP contribution in [0.2, 0.25) is 0 Å². The molecule has 0 bridgehead atoms. The van der Waals surface area contributed by atoms with E-state index in [1.165, 1.54) is 12.3 Å². The maximum Gasteiger partial charge on any atom is 0.392 e. The molecule has 3 heterocycles. The molecule has 1 atom stereocenters. The lowest BCUT2D eigenvalue weighted by Crippen LogP contribution is -2.29. The Morgan fingerprint density at radius 2 is 1.90 bits per heavy atom. The molecule has 0 saturated carbocycles. The lowest BCUT2D eigenvalue weighted by molar-refractivity contribution is -0.174. The van der Waals surface area contributed by atoms with Crippen molar-refractivity contribution < 1.29 is 22.7 Å². The van der Waals surface area contributed by atoms with Crippen LogP contribution >= 0.6 is 0 Å². The first-order chi connectivity index (χ1) is 14.4. The van der Waals surface area contributed by atoms with E-state index in [-0.39, 0.29) is 11.4 Å². The number of hydrogen-bond donors (Lipinski definition) is 2. The summed E-state index contributed by atoms with van der Waals surface area (Å²) < 4.78 is 46.0. The molecule has 3 N–H and O–H groups in total. The van der Waals surface area contributed by atoms with Crippen molar-refractivity contribution in [3.63, 3.8) is 0 Å². The number of aryl methyl sites for hydroxylation is 2. The predicted octanol–water partition coefficient (Wildman–Crippen LogP) is 4.41. The van der Waals surface area contributed by atoms with E-state index in [9.17, 15) is 18.3 Å². The number of alkyl halides is 3. The minimum absolute atomic E-state index is 0.147. The Bertz CT molecular complexity index is 1270. The van der Waals surface area contributed by atoms with Crippen molar-refractivity contribution in [3.05, 3.63) is 53.8 Å². The number of nitrogens with zero attached hydrogens (tertiary/aromatic N) is 4. The van der Waals surface area contributed by atoms with E-state index in [2.05, 4.69) is 15.0 Å². The van der Waals surface area contributed by atoms with Crippen LogP contribution in [0.1, 0.15) is 30.4 Å². The zero-order chi connectivity index (χ0) is 22.6. The van der Waals surface area contributed by atoms with Gasteiger partial charge in [-0.05, 0) is 31.0 Å². The van der Waals surface area contributed by atoms with Crippen LogP contribution in [0.5, 0.6) is 0 Å². The van der Waals surface area contributed by atoms with Gasteiger partial charge in [0.05, 0.1) is 30.1 Å². The fraction of sp³-hybridized carbons (Fsp3) is 0.286. The largest absolute Gasteiger partial charge is 0.439 e. The first kappa shape index (κ1) is 20.9. The van der Waals surface area contributed by atoms with Gasteiger partial charge in [-0.3, -0.25) is 4.40 Å². The van der Waals surface area contributed by atoms with Gasteiger partial charge in [0.2, 0.25) is 0 Å². The number of oxazole rings is 1. The van der Waals surface area contributed by atoms with Crippen molar-refractivity contribution in [3.8, 4) is 22.7 Å². The normalized spacial score (nSPS) is 14.2. The smallest absolute Gasteiger partial charge is 0.392 e. The van der Waals surface area contributed by atoms with Crippen LogP contribution in [0.3, 0.4) is 0 Å². The van der Waals surface area contributed by atoms with Gasteiger partial charge in [-0.1, -0.05) is 12.1 Å². The highest BCUT2D eigenvalue weighted by Crippen LogP contribution is 2.37. The number of aliphatic hydroxyl groups is 1. The molecule has 4 rings (SSSR count). The highest BCUT2D eigenvalue weighted by atomic mass is 19.4. The van der Waals surface area contributed by atoms with E-state index < -0.39 is 18.2 Å². The fourth-order valence-corrected chi connectivity index (χ4v) is 3.54. The minimum Gasteiger partial charge on any atom is -0.439 e. The van der Waals surface area contributed by atoms with Crippen molar-refractivity contribution in [2.75, 3.05) is 5.73 Å². The molecule has 0 aliphatic carbocycles. The Kier molecular flexibility index (Phi) is 4.77. The minimum atomic E-state index is -4.51. The molecule has 0 saturated heterocycles. The van der Waals surface area contributed by atoms with E-state index in [1.807, 2.05) is 6.92 Å². The van der Waals surface area contributed by atoms with Gasteiger partial charge in [0.25, 0.3) is 0 Å². The van der Waals surface area contributed by atoms with Gasteiger partial charge in [0.15, 0.2) is 23.1 Å². The lowest BCUT2D eigenvalue weighted by Gasteiger charge is -2.26. The van der Waals surface area contributed by atoms with Gasteiger partial charge >= 0.3 is 6.18 Å². The molecule has 3 aromatic heterocycles. The quantitative estimate of drug-likeness (QED) is 0.496. The average Bonchev–Trinajstić information content (AvgIpc) is 3.26. The molecule has 0 aliphatic heterocycles. The van der Waals surface area contributed by atoms with Crippen LogP contribution in [0.25, 0.3) is 28.4 Å². The van der Waals surface area contributed by atoms with E-state index in [0.717, 1.165) is 12.5 Å². The third kappa shape index (κ3) is 3.98. The summed E-state index contributed by atoms with van der Waals surface area (Å²) in [6, 6.07) is 4.70. The molecule has 10 heteroatoms. The highest BCUT2D eigenvalue weighted by molar-refractivity contribution is 5.74. The number of benzene rings is 1. The Hall–Kier alpha value is -3.40. The van der Waals surface area contributed by atoms with Crippen molar-refractivity contribution in [2.45, 2.75) is 39.0 Å². The summed E-state index contributed by atoms with van der Waals surface area (Å²) in [6.45, 7) is 4.67. The first-order valence-electron chi connectivity index (χ1n) is 9.41. The second-order valence-electron chi connectivity index (χ2n) is 7.69. The van der Waals surface area contributed by atoms with Crippen molar-refractivity contribution in [1.82, 2.24) is 19.4 Å². The standard InChI is InChI=1S/C21H20F3N5O2/c1-11-4-5-13(20(3,30)10-21(22,23)24)6-14(11)16-7-27-19-18(25)28-15(9-29(16)19)17-8-26-12(2)31-17/h4-9,30H,10H2,1-3H3,(H2,25,28). The predicted molar refractivity (Wildman–Crippen MR) is 108 cm³/mol. The summed E-state index contributed by atoms with van der Waals surface area (Å²) in [6.07, 6.45) is -1.11. The summed E-state index contributed by atoms with van der Waals surface area (Å²) in [5.74, 6) is 1.05. The van der Waals surface area contributed by atoms with Gasteiger partial charge < -0.3 is 15.3 Å². The molecule has 0 spiro atoms. The van der Waals surface area contributed by atoms with Crippen molar-refractivity contribution in [2.24, 2.45) is 0 Å². The van der Waals surface area contributed by atoms with Crippen LogP contribution in [0.15, 0.2) is 41.2 Å². The Balaban J connectivity index is 1.86. The molecule has 0 radical (unpaired) electrons. The molecule has 1 unspecified atom stereocenters. The van der Waals surface area contributed by atoms with Gasteiger partial charge in [0, 0.05) is 18.7 Å². The SMILES string of the molecule is Cc1ncc(-c2cn3c(-c4cc(C(C)(O)CC(F)(F)F)ccc4C)cnc3c(N)n2)o1. The zero-order valence-electron chi connectivity index (χ0n) is 17.0. The van der Waals surface area contributed by atoms with Crippen LogP contribution in [-0.4, -0.2) is 30.6 Å². The summed E-state index contributed by atoms with van der Waals surface area (Å²) in [5.41, 5.74) is 6.96. The maximum atomic E-state index is 12.9. The molecule has 162 valence electrons. The molecule has 1 aromatic carbocycles. The molecule has 4 aromatic rings. The van der Waals surface area contributed by atoms with Crippen LogP contribution in [-0.2, 0) is 5.60 Å². The Labute approximate surface area is 175 Å². The number of aromatic nitrogens is 4. The number of hydrogen-bond acceptors (Lipinski definition) is 6. The van der Waals surface area contributed by atoms with Gasteiger partial charge in [-0.25, -0.2) is 15.0 Å². The summed E-state index contributed by atoms with van der Waals surface area (Å²) in [4.78, 5) is 12.7. The summed E-state index contributed by atoms with van der Waals surface area (Å²) in [7, 11) is 0. The molecule has 0 aliphatic rings. The maximum absolute atomic E-state index is 12.9. The van der Waals surface area contributed by atoms with Crippen molar-refractivity contribution >= 4 is 11.5 Å².